The molecule has 8 N–H and O–H groups in total. The van der Waals surface area contributed by atoms with Crippen molar-refractivity contribution in [3.63, 3.8) is 0 Å². The van der Waals surface area contributed by atoms with E-state index in [0.29, 0.717) is 0 Å². The van der Waals surface area contributed by atoms with Gasteiger partial charge in [-0.3, -0.25) is 4.79 Å². The normalized spacial score (nSPS) is 24.4. The molecule has 0 bridgehead atoms. The van der Waals surface area contributed by atoms with Crippen LogP contribution in [-0.4, -0.2) is 85.3 Å². The van der Waals surface area contributed by atoms with Crippen LogP contribution in [0.15, 0.2) is 33.5 Å². The number of fused-ring (bicyclic) bond motifs is 1. The van der Waals surface area contributed by atoms with E-state index in [1.165, 1.54) is 6.07 Å². The molecule has 1 fully saturated rings. The molecule has 2 aromatic carbocycles. The summed E-state index contributed by atoms with van der Waals surface area (Å²) in [5.41, 5.74) is -1.34. The van der Waals surface area contributed by atoms with Crippen molar-refractivity contribution in [3.05, 3.63) is 34.5 Å². The molecule has 3 aromatic rings. The summed E-state index contributed by atoms with van der Waals surface area (Å²) >= 11 is 0. The Bertz CT molecular complexity index is 1320. The highest BCUT2D eigenvalue weighted by molar-refractivity contribution is 5.91. The highest BCUT2D eigenvalue weighted by atomic mass is 16.7. The Kier molecular flexibility index (Phi) is 6.36. The number of hydrogen-bond acceptors (Lipinski definition) is 13. The van der Waals surface area contributed by atoms with Crippen LogP contribution in [0.4, 0.5) is 0 Å². The maximum atomic E-state index is 13.5. The molecule has 13 nitrogen and oxygen atoms in total. The van der Waals surface area contributed by atoms with Gasteiger partial charge in [0, 0.05) is 11.6 Å². The smallest absolute Gasteiger partial charge is 0.239 e. The third kappa shape index (κ3) is 4.05. The second kappa shape index (κ2) is 9.13. The molecule has 0 aliphatic carbocycles. The lowest BCUT2D eigenvalue weighted by molar-refractivity contribution is -0.277. The summed E-state index contributed by atoms with van der Waals surface area (Å²) in [4.78, 5) is 13.5. The second-order valence-electron chi connectivity index (χ2n) is 7.76. The molecule has 1 saturated heterocycles. The third-order valence-electron chi connectivity index (χ3n) is 5.57. The minimum Gasteiger partial charge on any atom is -0.504 e. The molecule has 0 radical (unpaired) electrons. The summed E-state index contributed by atoms with van der Waals surface area (Å²) in [7, 11) is 1.14. The molecular weight excluding hydrogens is 472 g/mol. The molecule has 1 aliphatic rings. The SMILES string of the molecule is COc1c(O)cc2oc(-c3ccc(O)c(O)c3)c(O[C@H]3O[C@H](CO)[C@H](O)[C@@H](O)[C@H]3O)c(=O)c2c1O. The number of aliphatic hydroxyl groups excluding tert-OH is 4. The summed E-state index contributed by atoms with van der Waals surface area (Å²) in [6.45, 7) is -0.757. The van der Waals surface area contributed by atoms with Crippen molar-refractivity contribution in [1.29, 1.82) is 0 Å². The van der Waals surface area contributed by atoms with E-state index < -0.39 is 82.6 Å². The van der Waals surface area contributed by atoms with Gasteiger partial charge < -0.3 is 59.5 Å². The summed E-state index contributed by atoms with van der Waals surface area (Å²) < 4.78 is 21.5. The number of methoxy groups -OCH3 is 1. The van der Waals surface area contributed by atoms with E-state index in [1.54, 1.807) is 0 Å². The zero-order valence-corrected chi connectivity index (χ0v) is 18.0. The molecule has 188 valence electrons. The van der Waals surface area contributed by atoms with Crippen molar-refractivity contribution in [2.24, 2.45) is 0 Å². The van der Waals surface area contributed by atoms with Crippen molar-refractivity contribution in [2.45, 2.75) is 30.7 Å². The number of phenolic OH excluding ortho intramolecular Hbond substituents is 4. The lowest BCUT2D eigenvalue weighted by Gasteiger charge is -2.39. The Hall–Kier alpha value is -3.75. The first-order valence-corrected chi connectivity index (χ1v) is 10.2. The largest absolute Gasteiger partial charge is 0.504 e. The molecule has 0 unspecified atom stereocenters. The Morgan fingerprint density at radius 1 is 0.914 bits per heavy atom. The van der Waals surface area contributed by atoms with Gasteiger partial charge in [0.15, 0.2) is 28.8 Å². The van der Waals surface area contributed by atoms with Crippen molar-refractivity contribution in [3.8, 4) is 45.8 Å². The van der Waals surface area contributed by atoms with E-state index >= 15 is 0 Å². The molecule has 35 heavy (non-hydrogen) atoms. The fourth-order valence-electron chi connectivity index (χ4n) is 3.73. The van der Waals surface area contributed by atoms with Crippen LogP contribution in [0.1, 0.15) is 0 Å². The van der Waals surface area contributed by atoms with Crippen molar-refractivity contribution in [2.75, 3.05) is 13.7 Å². The van der Waals surface area contributed by atoms with Crippen LogP contribution in [0, 0.1) is 0 Å². The number of hydrogen-bond donors (Lipinski definition) is 8. The maximum Gasteiger partial charge on any atom is 0.239 e. The summed E-state index contributed by atoms with van der Waals surface area (Å²) in [5.74, 6) is -3.87. The van der Waals surface area contributed by atoms with Gasteiger partial charge in [-0.2, -0.15) is 0 Å². The molecule has 0 spiro atoms. The molecular formula is C22H22O13. The van der Waals surface area contributed by atoms with Crippen LogP contribution in [-0.2, 0) is 4.74 Å². The van der Waals surface area contributed by atoms with E-state index in [-0.39, 0.29) is 16.9 Å². The highest BCUT2D eigenvalue weighted by Crippen LogP contribution is 2.44. The van der Waals surface area contributed by atoms with E-state index in [1.807, 2.05) is 0 Å². The maximum absolute atomic E-state index is 13.5. The van der Waals surface area contributed by atoms with Crippen LogP contribution >= 0.6 is 0 Å². The average Bonchev–Trinajstić information content (AvgIpc) is 2.82. The van der Waals surface area contributed by atoms with Crippen LogP contribution < -0.4 is 14.9 Å². The fourth-order valence-corrected chi connectivity index (χ4v) is 3.73. The summed E-state index contributed by atoms with van der Waals surface area (Å²) in [5, 5.41) is 79.6. The standard InChI is InChI=1S/C22H22O13/c1-32-20-10(26)5-11-13(15(20)28)16(29)21(19(33-11)7-2-3-8(24)9(25)4-7)35-22-18(31)17(30)14(27)12(6-23)34-22/h2-5,12,14,17-18,22-28,30-31H,6H2,1H3/t12-,14+,17-,18-,22-/m1/s1. The Labute approximate surface area is 195 Å². The topological polar surface area (TPSA) is 220 Å². The molecule has 5 atom stereocenters. The number of aliphatic hydroxyl groups is 4. The zero-order chi connectivity index (χ0) is 25.6. The Morgan fingerprint density at radius 3 is 2.26 bits per heavy atom. The molecule has 0 amide bonds. The van der Waals surface area contributed by atoms with Gasteiger partial charge >= 0.3 is 0 Å². The average molecular weight is 494 g/mol. The monoisotopic (exact) mass is 494 g/mol. The summed E-state index contributed by atoms with van der Waals surface area (Å²) in [6.07, 6.45) is -8.53. The minimum absolute atomic E-state index is 0.00584. The van der Waals surface area contributed by atoms with Crippen molar-refractivity contribution in [1.82, 2.24) is 0 Å². The van der Waals surface area contributed by atoms with Crippen molar-refractivity contribution < 1.29 is 59.5 Å². The molecule has 4 rings (SSSR count). The van der Waals surface area contributed by atoms with Crippen LogP contribution in [0.5, 0.6) is 34.5 Å². The molecule has 0 saturated carbocycles. The van der Waals surface area contributed by atoms with Gasteiger partial charge in [-0.15, -0.1) is 0 Å². The van der Waals surface area contributed by atoms with Gasteiger partial charge in [0.2, 0.25) is 23.2 Å². The van der Waals surface area contributed by atoms with Gasteiger partial charge in [-0.1, -0.05) is 0 Å². The third-order valence-corrected chi connectivity index (χ3v) is 5.57. The quantitative estimate of drug-likeness (QED) is 0.209. The lowest BCUT2D eigenvalue weighted by atomic mass is 9.99. The van der Waals surface area contributed by atoms with Crippen LogP contribution in [0.2, 0.25) is 0 Å². The lowest BCUT2D eigenvalue weighted by Crippen LogP contribution is -2.60. The summed E-state index contributed by atoms with van der Waals surface area (Å²) in [6, 6.07) is 4.37. The van der Waals surface area contributed by atoms with E-state index in [9.17, 15) is 45.6 Å². The number of phenols is 4. The van der Waals surface area contributed by atoms with Gasteiger partial charge in [0.05, 0.1) is 13.7 Å². The van der Waals surface area contributed by atoms with E-state index in [0.717, 1.165) is 25.3 Å². The van der Waals surface area contributed by atoms with Gasteiger partial charge in [-0.25, -0.2) is 0 Å². The predicted molar refractivity (Wildman–Crippen MR) is 116 cm³/mol. The first-order valence-electron chi connectivity index (χ1n) is 10.2. The Balaban J connectivity index is 1.95. The number of ether oxygens (including phenoxy) is 3. The van der Waals surface area contributed by atoms with Crippen molar-refractivity contribution >= 4 is 11.0 Å². The fraction of sp³-hybridized carbons (Fsp3) is 0.318. The molecule has 2 heterocycles. The zero-order valence-electron chi connectivity index (χ0n) is 18.0. The molecule has 1 aliphatic heterocycles. The number of rotatable bonds is 5. The van der Waals surface area contributed by atoms with E-state index in [4.69, 9.17) is 18.6 Å². The van der Waals surface area contributed by atoms with Crippen LogP contribution in [0.3, 0.4) is 0 Å². The number of aromatic hydroxyl groups is 4. The minimum atomic E-state index is -1.88. The molecule has 13 heteroatoms. The highest BCUT2D eigenvalue weighted by Gasteiger charge is 2.45. The van der Waals surface area contributed by atoms with Crippen LogP contribution in [0.25, 0.3) is 22.3 Å². The van der Waals surface area contributed by atoms with Gasteiger partial charge in [0.25, 0.3) is 0 Å². The first-order chi connectivity index (χ1) is 16.6. The predicted octanol–water partition coefficient (Wildman–Crippen LogP) is -0.530. The second-order valence-corrected chi connectivity index (χ2v) is 7.76. The Morgan fingerprint density at radius 2 is 1.63 bits per heavy atom. The number of benzene rings is 2. The molecule has 1 aromatic heterocycles. The van der Waals surface area contributed by atoms with Gasteiger partial charge in [-0.05, 0) is 18.2 Å². The van der Waals surface area contributed by atoms with E-state index in [2.05, 4.69) is 0 Å². The van der Waals surface area contributed by atoms with Gasteiger partial charge in [0.1, 0.15) is 35.4 Å². The first kappa shape index (κ1) is 24.4.